The number of nitrogens with one attached hydrogen (secondary N) is 1. The van der Waals surface area contributed by atoms with Gasteiger partial charge >= 0.3 is 6.09 Å². The average molecular weight is 297 g/mol. The summed E-state index contributed by atoms with van der Waals surface area (Å²) in [5, 5.41) is 16.3. The maximum Gasteiger partial charge on any atom is 0.411 e. The number of halogens is 1. The number of ether oxygens (including phenoxy) is 1. The zero-order valence-electron chi connectivity index (χ0n) is 10.4. The number of aliphatic hydroxyl groups excluding tert-OH is 1. The predicted octanol–water partition coefficient (Wildman–Crippen LogP) is 1.18. The molecule has 2 N–H and O–H groups in total. The maximum atomic E-state index is 11.7. The number of rotatable bonds is 5. The lowest BCUT2D eigenvalue weighted by molar-refractivity contribution is 0.0948. The first kappa shape index (κ1) is 14.4. The second-order valence-corrected chi connectivity index (χ2v) is 4.53. The number of aliphatic imine (C=N–C) groups is 1. The van der Waals surface area contributed by atoms with E-state index in [-0.39, 0.29) is 18.3 Å². The fraction of sp³-hybridized carbons (Fsp3) is 0.333. The van der Waals surface area contributed by atoms with Crippen molar-refractivity contribution in [3.8, 4) is 0 Å². The lowest BCUT2D eigenvalue weighted by atomic mass is 10.2. The van der Waals surface area contributed by atoms with Gasteiger partial charge < -0.3 is 9.84 Å². The molecular weight excluding hydrogens is 284 g/mol. The highest BCUT2D eigenvalue weighted by Gasteiger charge is 2.36. The van der Waals surface area contributed by atoms with Crippen LogP contribution in [0.25, 0.3) is 0 Å². The van der Waals surface area contributed by atoms with E-state index >= 15 is 0 Å². The van der Waals surface area contributed by atoms with Crippen LogP contribution in [0.4, 0.5) is 10.5 Å². The molecular formula is C12H13ClN4O3. The van der Waals surface area contributed by atoms with E-state index in [9.17, 15) is 4.79 Å². The van der Waals surface area contributed by atoms with Gasteiger partial charge in [-0.05, 0) is 12.1 Å². The Labute approximate surface area is 120 Å². The monoisotopic (exact) mass is 296 g/mol. The Hall–Kier alpha value is -1.99. The van der Waals surface area contributed by atoms with Crippen LogP contribution in [-0.2, 0) is 4.74 Å². The third-order valence-electron chi connectivity index (χ3n) is 2.71. The molecule has 2 atom stereocenters. The zero-order chi connectivity index (χ0) is 14.5. The first-order valence-electron chi connectivity index (χ1n) is 5.88. The summed E-state index contributed by atoms with van der Waals surface area (Å²) in [6, 6.07) is 2.64. The smallest absolute Gasteiger partial charge is 0.411 e. The van der Waals surface area contributed by atoms with Gasteiger partial charge in [-0.2, -0.15) is 0 Å². The summed E-state index contributed by atoms with van der Waals surface area (Å²) in [5.74, 6) is 0. The fourth-order valence-electron chi connectivity index (χ4n) is 1.73. The van der Waals surface area contributed by atoms with Crippen LogP contribution in [0.1, 0.15) is 0 Å². The van der Waals surface area contributed by atoms with Crippen molar-refractivity contribution in [1.29, 1.82) is 5.41 Å². The molecule has 0 saturated carbocycles. The lowest BCUT2D eigenvalue weighted by Crippen LogP contribution is -2.41. The van der Waals surface area contributed by atoms with E-state index in [0.717, 1.165) is 0 Å². The van der Waals surface area contributed by atoms with Crippen LogP contribution in [0.15, 0.2) is 29.5 Å². The van der Waals surface area contributed by atoms with Crippen molar-refractivity contribution in [3.05, 3.63) is 24.5 Å². The van der Waals surface area contributed by atoms with Crippen molar-refractivity contribution in [2.75, 3.05) is 13.2 Å². The number of aromatic nitrogens is 1. The number of hydrogen-bond acceptors (Lipinski definition) is 6. The third kappa shape index (κ3) is 3.31. The molecule has 1 saturated heterocycles. The lowest BCUT2D eigenvalue weighted by Gasteiger charge is -2.19. The van der Waals surface area contributed by atoms with Crippen LogP contribution < -0.4 is 0 Å². The number of amides is 1. The van der Waals surface area contributed by atoms with Gasteiger partial charge in [-0.1, -0.05) is 11.6 Å². The van der Waals surface area contributed by atoms with Crippen molar-refractivity contribution < 1.29 is 14.6 Å². The molecule has 0 aromatic carbocycles. The van der Waals surface area contributed by atoms with Crippen molar-refractivity contribution in [1.82, 2.24) is 9.88 Å². The summed E-state index contributed by atoms with van der Waals surface area (Å²) in [6.45, 7) is -0.113. The molecule has 0 spiro atoms. The Kier molecular flexibility index (Phi) is 4.65. The van der Waals surface area contributed by atoms with E-state index < -0.39 is 18.2 Å². The molecule has 1 amide bonds. The molecule has 0 bridgehead atoms. The molecule has 2 rings (SSSR count). The Morgan fingerprint density at radius 1 is 1.80 bits per heavy atom. The minimum atomic E-state index is -0.819. The van der Waals surface area contributed by atoms with E-state index in [4.69, 9.17) is 26.9 Å². The molecule has 1 aliphatic rings. The van der Waals surface area contributed by atoms with Gasteiger partial charge in [0.15, 0.2) is 0 Å². The van der Waals surface area contributed by atoms with Crippen molar-refractivity contribution in [3.63, 3.8) is 0 Å². The van der Waals surface area contributed by atoms with Gasteiger partial charge in [0.05, 0.1) is 25.0 Å². The van der Waals surface area contributed by atoms with Crippen LogP contribution in [0, 0.1) is 5.41 Å². The largest absolute Gasteiger partial charge is 0.442 e. The molecule has 1 aliphatic heterocycles. The topological polar surface area (TPSA) is 98.9 Å². The molecule has 1 aromatic rings. The standard InChI is InChI=1S/C12H13ClN4O3/c13-11(14)10(5-16-8-2-1-3-15-4-8)17-6-9(7-18)20-12(17)19/h1-5,9-10,14,18H,6-7H2. The average Bonchev–Trinajstić information content (AvgIpc) is 2.81. The third-order valence-corrected chi connectivity index (χ3v) is 2.94. The molecule has 1 aromatic heterocycles. The summed E-state index contributed by atoms with van der Waals surface area (Å²) >= 11 is 5.71. The minimum Gasteiger partial charge on any atom is -0.442 e. The van der Waals surface area contributed by atoms with Gasteiger partial charge in [0.2, 0.25) is 0 Å². The van der Waals surface area contributed by atoms with Crippen LogP contribution in [-0.4, -0.2) is 57.8 Å². The molecule has 0 aliphatic carbocycles. The summed E-state index contributed by atoms with van der Waals surface area (Å²) < 4.78 is 4.91. The van der Waals surface area contributed by atoms with Crippen LogP contribution >= 0.6 is 11.6 Å². The van der Waals surface area contributed by atoms with Crippen LogP contribution in [0.3, 0.4) is 0 Å². The van der Waals surface area contributed by atoms with E-state index in [2.05, 4.69) is 9.98 Å². The fourth-order valence-corrected chi connectivity index (χ4v) is 1.91. The quantitative estimate of drug-likeness (QED) is 0.797. The van der Waals surface area contributed by atoms with Gasteiger partial charge in [-0.3, -0.25) is 20.3 Å². The van der Waals surface area contributed by atoms with Crippen molar-refractivity contribution in [2.24, 2.45) is 4.99 Å². The van der Waals surface area contributed by atoms with E-state index in [1.54, 1.807) is 24.5 Å². The number of hydrogen-bond donors (Lipinski definition) is 2. The summed E-state index contributed by atoms with van der Waals surface area (Å²) in [4.78, 5) is 20.9. The number of carbonyl (C=O) groups excluding carboxylic acids is 1. The van der Waals surface area contributed by atoms with Gasteiger partial charge in [-0.15, -0.1) is 0 Å². The highest BCUT2D eigenvalue weighted by atomic mass is 35.5. The number of nitrogens with zero attached hydrogens (tertiary/aromatic N) is 3. The highest BCUT2D eigenvalue weighted by molar-refractivity contribution is 6.67. The molecule has 106 valence electrons. The maximum absolute atomic E-state index is 11.7. The first-order chi connectivity index (χ1) is 9.61. The Morgan fingerprint density at radius 2 is 2.60 bits per heavy atom. The van der Waals surface area contributed by atoms with Gasteiger partial charge in [-0.25, -0.2) is 4.79 Å². The van der Waals surface area contributed by atoms with Gasteiger partial charge in [0.1, 0.15) is 17.3 Å². The first-order valence-corrected chi connectivity index (χ1v) is 6.26. The molecule has 2 heterocycles. The minimum absolute atomic E-state index is 0.161. The number of carbonyl (C=O) groups is 1. The summed E-state index contributed by atoms with van der Waals surface area (Å²) in [6.07, 6.45) is 3.31. The summed E-state index contributed by atoms with van der Waals surface area (Å²) in [7, 11) is 0. The molecule has 8 heteroatoms. The molecule has 7 nitrogen and oxygen atoms in total. The molecule has 1 fully saturated rings. The van der Waals surface area contributed by atoms with E-state index in [1.165, 1.54) is 11.1 Å². The second kappa shape index (κ2) is 6.44. The van der Waals surface area contributed by atoms with Crippen LogP contribution in [0.2, 0.25) is 0 Å². The highest BCUT2D eigenvalue weighted by Crippen LogP contribution is 2.16. The predicted molar refractivity (Wildman–Crippen MR) is 73.8 cm³/mol. The number of pyridine rings is 1. The zero-order valence-corrected chi connectivity index (χ0v) is 11.2. The van der Waals surface area contributed by atoms with Gasteiger partial charge in [0, 0.05) is 12.4 Å². The Balaban J connectivity index is 2.14. The number of cyclic esters (lactones) is 1. The Morgan fingerprint density at radius 3 is 3.15 bits per heavy atom. The Bertz CT molecular complexity index is 523. The van der Waals surface area contributed by atoms with Crippen LogP contribution in [0.5, 0.6) is 0 Å². The van der Waals surface area contributed by atoms with Gasteiger partial charge in [0.25, 0.3) is 0 Å². The SMILES string of the molecule is N=C(Cl)C(C=Nc1cccnc1)N1CC(CO)OC1=O. The normalized spacial score (nSPS) is 20.2. The molecule has 0 radical (unpaired) electrons. The van der Waals surface area contributed by atoms with E-state index in [0.29, 0.717) is 5.69 Å². The second-order valence-electron chi connectivity index (χ2n) is 4.12. The molecule has 20 heavy (non-hydrogen) atoms. The molecule has 2 unspecified atom stereocenters. The number of aliphatic hydroxyl groups is 1. The van der Waals surface area contributed by atoms with Crippen molar-refractivity contribution in [2.45, 2.75) is 12.1 Å². The van der Waals surface area contributed by atoms with Crippen molar-refractivity contribution >= 4 is 34.8 Å². The summed E-state index contributed by atoms with van der Waals surface area (Å²) in [5.41, 5.74) is 0.585. The van der Waals surface area contributed by atoms with E-state index in [1.807, 2.05) is 0 Å².